The van der Waals surface area contributed by atoms with Gasteiger partial charge in [-0.1, -0.05) is 0 Å². The fraction of sp³-hybridized carbons (Fsp3) is 0.833. The molecule has 0 saturated carbocycles. The molecule has 0 aliphatic carbocycles. The topological polar surface area (TPSA) is 33.0 Å². The third kappa shape index (κ3) is 4.26. The number of nitriles is 1. The normalized spacial score (nSPS) is 10.9. The molecule has 0 amide bonds. The predicted octanol–water partition coefficient (Wildman–Crippen LogP) is 1.54. The summed E-state index contributed by atoms with van der Waals surface area (Å²) in [5, 5.41) is 8.40. The maximum Gasteiger partial charge on any atom is 0.148 e. The van der Waals surface area contributed by atoms with Gasteiger partial charge in [-0.2, -0.15) is 5.26 Å². The minimum Gasteiger partial charge on any atom is -0.360 e. The summed E-state index contributed by atoms with van der Waals surface area (Å²) in [6.07, 6.45) is 0. The van der Waals surface area contributed by atoms with Crippen LogP contribution in [0.1, 0.15) is 13.8 Å². The molecule has 0 saturated heterocycles. The number of rotatable bonds is 3. The second-order valence-corrected chi connectivity index (χ2v) is 2.54. The maximum absolute atomic E-state index is 8.40. The van der Waals surface area contributed by atoms with Gasteiger partial charge in [-0.3, -0.25) is 0 Å². The van der Waals surface area contributed by atoms with Crippen molar-refractivity contribution in [2.75, 3.05) is 12.5 Å². The number of nitrogens with zero attached hydrogens (tertiary/aromatic N) is 1. The van der Waals surface area contributed by atoms with Crippen LogP contribution in [0, 0.1) is 11.3 Å². The van der Waals surface area contributed by atoms with Crippen LogP contribution in [0.5, 0.6) is 0 Å². The Kier molecular flexibility index (Phi) is 3.60. The minimum absolute atomic E-state index is 0.433. The Morgan fingerprint density at radius 1 is 1.67 bits per heavy atom. The first-order valence-electron chi connectivity index (χ1n) is 2.73. The molecular formula is C6H10ClNO. The Balaban J connectivity index is 3.49. The van der Waals surface area contributed by atoms with Gasteiger partial charge in [-0.15, -0.1) is 11.6 Å². The molecule has 0 radical (unpaired) electrons. The summed E-state index contributed by atoms with van der Waals surface area (Å²) in [7, 11) is 0. The quantitative estimate of drug-likeness (QED) is 0.568. The zero-order valence-electron chi connectivity index (χ0n) is 5.65. The Morgan fingerprint density at radius 2 is 2.22 bits per heavy atom. The molecule has 0 aromatic rings. The highest BCUT2D eigenvalue weighted by Crippen LogP contribution is 2.05. The lowest BCUT2D eigenvalue weighted by Gasteiger charge is -2.14. The average Bonchev–Trinajstić information content (AvgIpc) is 1.84. The first-order valence-corrected chi connectivity index (χ1v) is 3.27. The molecule has 0 spiro atoms. The maximum atomic E-state index is 8.40. The Labute approximate surface area is 60.4 Å². The summed E-state index contributed by atoms with van der Waals surface area (Å²) < 4.78 is 5.03. The molecule has 0 aromatic carbocycles. The number of halogens is 1. The molecule has 0 aromatic heterocycles. The minimum atomic E-state index is -0.686. The molecule has 0 aliphatic heterocycles. The smallest absolute Gasteiger partial charge is 0.148 e. The van der Waals surface area contributed by atoms with Gasteiger partial charge in [0.2, 0.25) is 0 Å². The van der Waals surface area contributed by atoms with Crippen LogP contribution in [0.25, 0.3) is 0 Å². The van der Waals surface area contributed by atoms with E-state index in [-0.39, 0.29) is 0 Å². The molecule has 0 rings (SSSR count). The van der Waals surface area contributed by atoms with Crippen LogP contribution in [-0.2, 0) is 4.74 Å². The highest BCUT2D eigenvalue weighted by Gasteiger charge is 2.15. The van der Waals surface area contributed by atoms with Crippen LogP contribution < -0.4 is 0 Å². The number of hydrogen-bond acceptors (Lipinski definition) is 2. The number of hydrogen-bond donors (Lipinski definition) is 0. The van der Waals surface area contributed by atoms with E-state index in [0.29, 0.717) is 12.5 Å². The molecule has 3 heteroatoms. The van der Waals surface area contributed by atoms with Gasteiger partial charge in [0.1, 0.15) is 5.60 Å². The fourth-order valence-corrected chi connectivity index (χ4v) is 0.403. The summed E-state index contributed by atoms with van der Waals surface area (Å²) in [6, 6.07) is 2.00. The summed E-state index contributed by atoms with van der Waals surface area (Å²) in [4.78, 5) is 0. The van der Waals surface area contributed by atoms with Gasteiger partial charge in [0.25, 0.3) is 0 Å². The Morgan fingerprint density at radius 3 is 2.56 bits per heavy atom. The second-order valence-electron chi connectivity index (χ2n) is 2.16. The van der Waals surface area contributed by atoms with Crippen molar-refractivity contribution in [2.45, 2.75) is 19.4 Å². The summed E-state index contributed by atoms with van der Waals surface area (Å²) >= 11 is 5.33. The van der Waals surface area contributed by atoms with Crippen LogP contribution in [0.3, 0.4) is 0 Å². The van der Waals surface area contributed by atoms with E-state index in [1.165, 1.54) is 0 Å². The van der Waals surface area contributed by atoms with Crippen LogP contribution in [-0.4, -0.2) is 18.1 Å². The summed E-state index contributed by atoms with van der Waals surface area (Å²) in [5.41, 5.74) is -0.686. The highest BCUT2D eigenvalue weighted by molar-refractivity contribution is 6.17. The third-order valence-electron chi connectivity index (χ3n) is 0.809. The van der Waals surface area contributed by atoms with Crippen LogP contribution >= 0.6 is 11.6 Å². The summed E-state index contributed by atoms with van der Waals surface area (Å²) in [5.74, 6) is 0.436. The molecule has 0 bridgehead atoms. The van der Waals surface area contributed by atoms with Gasteiger partial charge in [0.05, 0.1) is 12.7 Å². The van der Waals surface area contributed by atoms with Gasteiger partial charge in [0, 0.05) is 5.88 Å². The molecule has 0 unspecified atom stereocenters. The van der Waals surface area contributed by atoms with Crippen molar-refractivity contribution in [2.24, 2.45) is 0 Å². The SMILES string of the molecule is CC(C)(C#N)OCCCl. The fourth-order valence-electron chi connectivity index (χ4n) is 0.326. The first kappa shape index (κ1) is 8.74. The van der Waals surface area contributed by atoms with E-state index in [9.17, 15) is 0 Å². The van der Waals surface area contributed by atoms with Crippen molar-refractivity contribution >= 4 is 11.6 Å². The van der Waals surface area contributed by atoms with E-state index in [1.54, 1.807) is 13.8 Å². The van der Waals surface area contributed by atoms with Gasteiger partial charge in [0.15, 0.2) is 0 Å². The van der Waals surface area contributed by atoms with Gasteiger partial charge < -0.3 is 4.74 Å². The molecular weight excluding hydrogens is 138 g/mol. The molecule has 0 N–H and O–H groups in total. The largest absolute Gasteiger partial charge is 0.360 e. The van der Waals surface area contributed by atoms with Gasteiger partial charge in [-0.05, 0) is 13.8 Å². The lowest BCUT2D eigenvalue weighted by atomic mass is 10.2. The van der Waals surface area contributed by atoms with E-state index in [0.717, 1.165) is 0 Å². The molecule has 9 heavy (non-hydrogen) atoms. The molecule has 2 nitrogen and oxygen atoms in total. The van der Waals surface area contributed by atoms with Crippen molar-refractivity contribution in [3.05, 3.63) is 0 Å². The molecule has 0 atom stereocenters. The Hall–Kier alpha value is -0.260. The molecule has 52 valence electrons. The van der Waals surface area contributed by atoms with E-state index in [1.807, 2.05) is 6.07 Å². The van der Waals surface area contributed by atoms with E-state index in [2.05, 4.69) is 0 Å². The van der Waals surface area contributed by atoms with E-state index < -0.39 is 5.60 Å². The molecule has 0 fully saturated rings. The monoisotopic (exact) mass is 147 g/mol. The summed E-state index contributed by atoms with van der Waals surface area (Å²) in [6.45, 7) is 3.85. The van der Waals surface area contributed by atoms with Crippen molar-refractivity contribution in [3.8, 4) is 6.07 Å². The highest BCUT2D eigenvalue weighted by atomic mass is 35.5. The molecule has 0 heterocycles. The van der Waals surface area contributed by atoms with Gasteiger partial charge in [-0.25, -0.2) is 0 Å². The standard InChI is InChI=1S/C6H10ClNO/c1-6(2,5-8)9-4-3-7/h3-4H2,1-2H3. The lowest BCUT2D eigenvalue weighted by Crippen LogP contribution is -2.22. The lowest BCUT2D eigenvalue weighted by molar-refractivity contribution is 0.0358. The zero-order valence-corrected chi connectivity index (χ0v) is 6.40. The number of ether oxygens (including phenoxy) is 1. The van der Waals surface area contributed by atoms with Crippen molar-refractivity contribution < 1.29 is 4.74 Å². The van der Waals surface area contributed by atoms with Crippen LogP contribution in [0.2, 0.25) is 0 Å². The van der Waals surface area contributed by atoms with Crippen molar-refractivity contribution in [1.29, 1.82) is 5.26 Å². The van der Waals surface area contributed by atoms with Crippen molar-refractivity contribution in [3.63, 3.8) is 0 Å². The van der Waals surface area contributed by atoms with E-state index in [4.69, 9.17) is 21.6 Å². The Bertz CT molecular complexity index is 117. The van der Waals surface area contributed by atoms with Crippen molar-refractivity contribution in [1.82, 2.24) is 0 Å². The van der Waals surface area contributed by atoms with E-state index >= 15 is 0 Å². The average molecular weight is 148 g/mol. The second kappa shape index (κ2) is 3.71. The predicted molar refractivity (Wildman–Crippen MR) is 36.4 cm³/mol. The van der Waals surface area contributed by atoms with Crippen LogP contribution in [0.4, 0.5) is 0 Å². The van der Waals surface area contributed by atoms with Gasteiger partial charge >= 0.3 is 0 Å². The first-order chi connectivity index (χ1) is 4.12. The van der Waals surface area contributed by atoms with Crippen LogP contribution in [0.15, 0.2) is 0 Å². The zero-order chi connectivity index (χ0) is 7.33. The number of alkyl halides is 1. The molecule has 0 aliphatic rings. The third-order valence-corrected chi connectivity index (χ3v) is 0.964.